The fraction of sp³-hybridized carbons (Fsp3) is 0.381. The topological polar surface area (TPSA) is 129 Å². The highest BCUT2D eigenvalue weighted by atomic mass is 16.7. The lowest BCUT2D eigenvalue weighted by Crippen LogP contribution is -2.56. The lowest BCUT2D eigenvalue weighted by atomic mass is 9.76. The molecule has 0 aliphatic heterocycles. The van der Waals surface area contributed by atoms with E-state index in [2.05, 4.69) is 70.4 Å². The number of nitrogens with one attached hydrogen (secondary N) is 2. The molecule has 0 saturated carbocycles. The summed E-state index contributed by atoms with van der Waals surface area (Å²) < 4.78 is 17.9. The van der Waals surface area contributed by atoms with E-state index in [0.717, 1.165) is 31.4 Å². The maximum atomic E-state index is 14.2. The summed E-state index contributed by atoms with van der Waals surface area (Å²) in [4.78, 5) is 38.6. The van der Waals surface area contributed by atoms with Crippen molar-refractivity contribution >= 4 is 28.8 Å². The fourth-order valence-electron chi connectivity index (χ4n) is 5.56. The molecule has 4 aromatic carbocycles. The van der Waals surface area contributed by atoms with Gasteiger partial charge in [-0.25, -0.2) is 0 Å². The summed E-state index contributed by atoms with van der Waals surface area (Å²) in [5, 5.41) is 17.2. The van der Waals surface area contributed by atoms with Crippen molar-refractivity contribution in [1.82, 2.24) is 0 Å². The lowest BCUT2D eigenvalue weighted by Gasteiger charge is -2.30. The first-order chi connectivity index (χ1) is 24.8. The van der Waals surface area contributed by atoms with Crippen molar-refractivity contribution in [2.24, 2.45) is 0 Å². The number of hydrogen-bond acceptors (Lipinski definition) is 8. The van der Waals surface area contributed by atoms with Crippen molar-refractivity contribution in [3.8, 4) is 11.5 Å². The van der Waals surface area contributed by atoms with Crippen LogP contribution in [0.4, 0.5) is 17.1 Å². The van der Waals surface area contributed by atoms with Crippen LogP contribution in [-0.4, -0.2) is 42.7 Å². The molecular weight excluding hydrogens is 658 g/mol. The molecule has 0 aliphatic rings. The highest BCUT2D eigenvalue weighted by Crippen LogP contribution is 2.38. The summed E-state index contributed by atoms with van der Waals surface area (Å²) in [5.41, 5.74) is 3.72. The molecule has 2 N–H and O–H groups in total. The number of unbranched alkanes of at least 4 members (excludes halogenated alkanes) is 1. The highest BCUT2D eigenvalue weighted by Gasteiger charge is 2.50. The molecule has 1 unspecified atom stereocenters. The number of nitro groups is 1. The van der Waals surface area contributed by atoms with Crippen LogP contribution in [0.1, 0.15) is 88.7 Å². The van der Waals surface area contributed by atoms with Gasteiger partial charge in [0.25, 0.3) is 5.69 Å². The minimum Gasteiger partial charge on any atom is -0.493 e. The third-order valence-corrected chi connectivity index (χ3v) is 9.77. The fourth-order valence-corrected chi connectivity index (χ4v) is 5.56. The zero-order chi connectivity index (χ0) is 37.9. The van der Waals surface area contributed by atoms with Crippen molar-refractivity contribution < 1.29 is 28.7 Å². The Bertz CT molecular complexity index is 1820. The maximum Gasteiger partial charge on any atom is 0.357 e. The number of carbonyl (C=O) groups is 2. The van der Waals surface area contributed by atoms with Gasteiger partial charge in [0.15, 0.2) is 0 Å². The second-order valence-electron chi connectivity index (χ2n) is 14.1. The molecule has 4 rings (SSSR count). The van der Waals surface area contributed by atoms with Gasteiger partial charge in [0.1, 0.15) is 11.5 Å². The molecule has 1 atom stereocenters. The summed E-state index contributed by atoms with van der Waals surface area (Å²) in [6.07, 6.45) is 3.68. The zero-order valence-electron chi connectivity index (χ0n) is 31.3. The Morgan fingerprint density at radius 1 is 0.788 bits per heavy atom. The Morgan fingerprint density at radius 2 is 1.46 bits per heavy atom. The van der Waals surface area contributed by atoms with Gasteiger partial charge in [0.05, 0.1) is 11.5 Å². The number of hydrogen-bond donors (Lipinski definition) is 2. The van der Waals surface area contributed by atoms with Crippen LogP contribution in [-0.2, 0) is 20.4 Å². The standard InChI is InChI=1S/C42H51N3O7/c1-8-40(3,4)31-20-25-37(36(29-31)41(5,6)9-2)51-27-14-13-26-43-33-19-15-16-30(28-33)38(46)42(50-7,39(47)44-32-17-11-10-12-18-32)52-35-23-21-34(22-24-35)45(48)49/h10-12,15-25,28-29,43H,8-9,13-14,26-27H2,1-7H3,(H,44,47). The van der Waals surface area contributed by atoms with Crippen LogP contribution < -0.4 is 20.1 Å². The van der Waals surface area contributed by atoms with Crippen molar-refractivity contribution in [2.45, 2.75) is 83.8 Å². The Hall–Kier alpha value is -5.22. The molecule has 0 aliphatic carbocycles. The van der Waals surface area contributed by atoms with Gasteiger partial charge in [0, 0.05) is 48.3 Å². The Kier molecular flexibility index (Phi) is 13.2. The van der Waals surface area contributed by atoms with Gasteiger partial charge < -0.3 is 24.8 Å². The number of Topliss-reactive ketones (excluding diaryl/α,β-unsaturated/α-hetero) is 1. The molecule has 4 aromatic rings. The minimum absolute atomic E-state index is 0.0192. The number of ether oxygens (including phenoxy) is 3. The van der Waals surface area contributed by atoms with Gasteiger partial charge in [-0.1, -0.05) is 84.0 Å². The lowest BCUT2D eigenvalue weighted by molar-refractivity contribution is -0.384. The number of benzene rings is 4. The van der Waals surface area contributed by atoms with E-state index in [9.17, 15) is 19.7 Å². The van der Waals surface area contributed by atoms with E-state index in [0.29, 0.717) is 24.5 Å². The molecule has 10 heteroatoms. The number of nitrogens with zero attached hydrogens (tertiary/aromatic N) is 1. The van der Waals surface area contributed by atoms with E-state index >= 15 is 0 Å². The quantitative estimate of drug-likeness (QED) is 0.0246. The van der Waals surface area contributed by atoms with Crippen LogP contribution >= 0.6 is 0 Å². The van der Waals surface area contributed by atoms with E-state index in [4.69, 9.17) is 14.2 Å². The van der Waals surface area contributed by atoms with Gasteiger partial charge in [0.2, 0.25) is 5.78 Å². The van der Waals surface area contributed by atoms with Crippen molar-refractivity contribution in [1.29, 1.82) is 0 Å². The average molecular weight is 710 g/mol. The molecule has 276 valence electrons. The first-order valence-electron chi connectivity index (χ1n) is 17.8. The third kappa shape index (κ3) is 9.55. The van der Waals surface area contributed by atoms with E-state index in [1.807, 2.05) is 6.07 Å². The van der Waals surface area contributed by atoms with Crippen molar-refractivity contribution in [2.75, 3.05) is 30.9 Å². The molecule has 0 saturated heterocycles. The zero-order valence-corrected chi connectivity index (χ0v) is 31.3. The van der Waals surface area contributed by atoms with Gasteiger partial charge >= 0.3 is 11.7 Å². The summed E-state index contributed by atoms with van der Waals surface area (Å²) in [6.45, 7) is 14.7. The SMILES string of the molecule is CCC(C)(C)c1ccc(OCCCCNc2cccc(C(=O)C(OC)(Oc3ccc([N+](=O)[O-])cc3)C(=O)Nc3ccccc3)c2)c(C(C)(C)CC)c1. The second kappa shape index (κ2) is 17.3. The minimum atomic E-state index is -2.45. The second-order valence-corrected chi connectivity index (χ2v) is 14.1. The highest BCUT2D eigenvalue weighted by molar-refractivity contribution is 6.19. The van der Waals surface area contributed by atoms with E-state index in [1.54, 1.807) is 48.5 Å². The van der Waals surface area contributed by atoms with Crippen LogP contribution in [0.3, 0.4) is 0 Å². The van der Waals surface area contributed by atoms with Crippen LogP contribution in [0.5, 0.6) is 11.5 Å². The number of rotatable bonds is 19. The monoisotopic (exact) mass is 709 g/mol. The van der Waals surface area contributed by atoms with Crippen LogP contribution in [0.25, 0.3) is 0 Å². The number of amides is 1. The third-order valence-electron chi connectivity index (χ3n) is 9.77. The van der Waals surface area contributed by atoms with Gasteiger partial charge in [-0.3, -0.25) is 19.7 Å². The molecule has 0 fully saturated rings. The number of non-ortho nitro benzene ring substituents is 1. The van der Waals surface area contributed by atoms with Gasteiger partial charge in [-0.05, 0) is 84.5 Å². The number of carbonyl (C=O) groups excluding carboxylic acids is 2. The molecule has 0 aromatic heterocycles. The first kappa shape index (κ1) is 39.6. The number of methoxy groups -OCH3 is 1. The molecular formula is C42H51N3O7. The van der Waals surface area contributed by atoms with Crippen molar-refractivity contribution in [3.05, 3.63) is 124 Å². The number of anilines is 2. The summed E-state index contributed by atoms with van der Waals surface area (Å²) in [7, 11) is 1.20. The van der Waals surface area contributed by atoms with Crippen LogP contribution in [0.2, 0.25) is 0 Å². The van der Waals surface area contributed by atoms with Gasteiger partial charge in [-0.2, -0.15) is 0 Å². The van der Waals surface area contributed by atoms with E-state index in [1.165, 1.54) is 42.5 Å². The molecule has 10 nitrogen and oxygen atoms in total. The number of para-hydroxylation sites is 1. The molecule has 52 heavy (non-hydrogen) atoms. The summed E-state index contributed by atoms with van der Waals surface area (Å²) in [6, 6.07) is 27.0. The number of nitro benzene ring substituents is 1. The summed E-state index contributed by atoms with van der Waals surface area (Å²) in [5.74, 6) is -3.10. The van der Waals surface area contributed by atoms with Crippen LogP contribution in [0.15, 0.2) is 97.1 Å². The molecule has 0 bridgehead atoms. The normalized spacial score (nSPS) is 12.8. The molecule has 0 heterocycles. The first-order valence-corrected chi connectivity index (χ1v) is 17.8. The van der Waals surface area contributed by atoms with Gasteiger partial charge in [-0.15, -0.1) is 0 Å². The summed E-state index contributed by atoms with van der Waals surface area (Å²) >= 11 is 0. The number of ketones is 1. The predicted molar refractivity (Wildman–Crippen MR) is 206 cm³/mol. The maximum absolute atomic E-state index is 14.2. The predicted octanol–water partition coefficient (Wildman–Crippen LogP) is 9.48. The molecule has 0 spiro atoms. The van der Waals surface area contributed by atoms with Crippen LogP contribution in [0, 0.1) is 10.1 Å². The Balaban J connectivity index is 1.44. The Morgan fingerprint density at radius 3 is 2.10 bits per heavy atom. The van der Waals surface area contributed by atoms with Crippen molar-refractivity contribution in [3.63, 3.8) is 0 Å². The average Bonchev–Trinajstić information content (AvgIpc) is 3.15. The largest absolute Gasteiger partial charge is 0.493 e. The van der Waals surface area contributed by atoms with E-state index in [-0.39, 0.29) is 27.8 Å². The van der Waals surface area contributed by atoms with E-state index < -0.39 is 22.4 Å². The Labute approximate surface area is 307 Å². The smallest absolute Gasteiger partial charge is 0.357 e. The molecule has 1 amide bonds. The molecule has 0 radical (unpaired) electrons.